The van der Waals surface area contributed by atoms with Crippen molar-refractivity contribution < 1.29 is 9.26 Å². The Morgan fingerprint density at radius 3 is 3.14 bits per heavy atom. The van der Waals surface area contributed by atoms with E-state index in [1.165, 1.54) is 0 Å². The van der Waals surface area contributed by atoms with Gasteiger partial charge in [-0.05, 0) is 25.5 Å². The van der Waals surface area contributed by atoms with E-state index in [0.29, 0.717) is 18.3 Å². The van der Waals surface area contributed by atoms with Gasteiger partial charge < -0.3 is 14.2 Å². The van der Waals surface area contributed by atoms with Crippen LogP contribution < -0.4 is 0 Å². The van der Waals surface area contributed by atoms with Crippen molar-refractivity contribution in [1.29, 1.82) is 0 Å². The quantitative estimate of drug-likeness (QED) is 0.835. The minimum atomic E-state index is 0.244. The molecule has 114 valence electrons. The Hall–Kier alpha value is -1.28. The number of morpholine rings is 1. The molecule has 6 nitrogen and oxygen atoms in total. The standard InChI is InChI=1S/C14H20N4O2S/c1-17(2)7-12-8-18(4-5-19-12)9-13-15-14(16-20-13)11-3-6-21-10-11/h3,6,10,12H,4-5,7-9H2,1-2H3/t12-/m0/s1. The molecule has 0 aromatic carbocycles. The van der Waals surface area contributed by atoms with Crippen molar-refractivity contribution in [2.24, 2.45) is 0 Å². The van der Waals surface area contributed by atoms with Gasteiger partial charge in [0.05, 0.1) is 19.3 Å². The van der Waals surface area contributed by atoms with Gasteiger partial charge in [-0.3, -0.25) is 4.90 Å². The molecule has 0 N–H and O–H groups in total. The zero-order valence-electron chi connectivity index (χ0n) is 12.4. The van der Waals surface area contributed by atoms with E-state index in [2.05, 4.69) is 34.0 Å². The third-order valence-corrected chi connectivity index (χ3v) is 4.08. The first-order valence-corrected chi connectivity index (χ1v) is 7.99. The lowest BCUT2D eigenvalue weighted by Crippen LogP contribution is -2.46. The van der Waals surface area contributed by atoms with Crippen molar-refractivity contribution in [3.05, 3.63) is 22.7 Å². The third kappa shape index (κ3) is 3.88. The molecular weight excluding hydrogens is 288 g/mol. The van der Waals surface area contributed by atoms with E-state index in [0.717, 1.165) is 31.8 Å². The first-order chi connectivity index (χ1) is 10.2. The van der Waals surface area contributed by atoms with Crippen LogP contribution in [0.25, 0.3) is 11.4 Å². The van der Waals surface area contributed by atoms with Gasteiger partial charge in [-0.2, -0.15) is 16.3 Å². The molecule has 0 radical (unpaired) electrons. The molecule has 1 aliphatic rings. The lowest BCUT2D eigenvalue weighted by Gasteiger charge is -2.33. The minimum Gasteiger partial charge on any atom is -0.374 e. The summed E-state index contributed by atoms with van der Waals surface area (Å²) in [5.74, 6) is 1.34. The Balaban J connectivity index is 1.59. The molecule has 0 unspecified atom stereocenters. The monoisotopic (exact) mass is 308 g/mol. The molecule has 3 heterocycles. The summed E-state index contributed by atoms with van der Waals surface area (Å²) in [6, 6.07) is 2.00. The maximum absolute atomic E-state index is 5.77. The molecule has 1 saturated heterocycles. The number of hydrogen-bond donors (Lipinski definition) is 0. The van der Waals surface area contributed by atoms with Crippen LogP contribution in [0.15, 0.2) is 21.3 Å². The van der Waals surface area contributed by atoms with Crippen molar-refractivity contribution in [3.8, 4) is 11.4 Å². The van der Waals surface area contributed by atoms with E-state index < -0.39 is 0 Å². The summed E-state index contributed by atoms with van der Waals surface area (Å²) in [6.45, 7) is 4.17. The molecule has 1 fully saturated rings. The predicted molar refractivity (Wildman–Crippen MR) is 81.2 cm³/mol. The lowest BCUT2D eigenvalue weighted by atomic mass is 10.2. The van der Waals surface area contributed by atoms with E-state index in [4.69, 9.17) is 9.26 Å². The van der Waals surface area contributed by atoms with Gasteiger partial charge in [0.15, 0.2) is 0 Å². The number of thiophene rings is 1. The summed E-state index contributed by atoms with van der Waals surface area (Å²) in [5, 5.41) is 8.08. The molecular formula is C14H20N4O2S. The Morgan fingerprint density at radius 2 is 2.38 bits per heavy atom. The topological polar surface area (TPSA) is 54.6 Å². The molecule has 0 bridgehead atoms. The first-order valence-electron chi connectivity index (χ1n) is 7.04. The van der Waals surface area contributed by atoms with Gasteiger partial charge in [0, 0.05) is 30.6 Å². The van der Waals surface area contributed by atoms with Crippen LogP contribution in [0.5, 0.6) is 0 Å². The van der Waals surface area contributed by atoms with Crippen molar-refractivity contribution in [2.45, 2.75) is 12.6 Å². The van der Waals surface area contributed by atoms with Gasteiger partial charge in [-0.1, -0.05) is 5.16 Å². The first kappa shape index (κ1) is 14.6. The molecule has 3 rings (SSSR count). The van der Waals surface area contributed by atoms with Crippen LogP contribution in [0.4, 0.5) is 0 Å². The van der Waals surface area contributed by atoms with E-state index >= 15 is 0 Å². The van der Waals surface area contributed by atoms with E-state index in [9.17, 15) is 0 Å². The van der Waals surface area contributed by atoms with E-state index in [1.807, 2.05) is 16.8 Å². The Bertz CT molecular complexity index is 555. The van der Waals surface area contributed by atoms with Crippen LogP contribution in [0.1, 0.15) is 5.89 Å². The van der Waals surface area contributed by atoms with Crippen LogP contribution in [-0.2, 0) is 11.3 Å². The van der Waals surface area contributed by atoms with Gasteiger partial charge in [-0.15, -0.1) is 0 Å². The highest BCUT2D eigenvalue weighted by Gasteiger charge is 2.22. The summed E-state index contributed by atoms with van der Waals surface area (Å²) in [6.07, 6.45) is 0.244. The second-order valence-electron chi connectivity index (χ2n) is 5.51. The number of rotatable bonds is 5. The van der Waals surface area contributed by atoms with Gasteiger partial charge in [-0.25, -0.2) is 0 Å². The smallest absolute Gasteiger partial charge is 0.241 e. The van der Waals surface area contributed by atoms with Crippen molar-refractivity contribution in [3.63, 3.8) is 0 Å². The fourth-order valence-corrected chi connectivity index (χ4v) is 3.10. The molecule has 21 heavy (non-hydrogen) atoms. The molecule has 1 atom stereocenters. The van der Waals surface area contributed by atoms with E-state index in [1.54, 1.807) is 11.3 Å². The predicted octanol–water partition coefficient (Wildman–Crippen LogP) is 1.56. The second-order valence-corrected chi connectivity index (χ2v) is 6.29. The molecule has 0 amide bonds. The average molecular weight is 308 g/mol. The van der Waals surface area contributed by atoms with Crippen LogP contribution in [0.3, 0.4) is 0 Å². The second kappa shape index (κ2) is 6.65. The zero-order valence-corrected chi connectivity index (χ0v) is 13.2. The largest absolute Gasteiger partial charge is 0.374 e. The Morgan fingerprint density at radius 1 is 1.48 bits per heavy atom. The number of aromatic nitrogens is 2. The molecule has 0 saturated carbocycles. The highest BCUT2D eigenvalue weighted by atomic mass is 32.1. The normalized spacial score (nSPS) is 20.2. The number of ether oxygens (including phenoxy) is 1. The van der Waals surface area contributed by atoms with E-state index in [-0.39, 0.29) is 6.10 Å². The van der Waals surface area contributed by atoms with Crippen LogP contribution in [0.2, 0.25) is 0 Å². The van der Waals surface area contributed by atoms with Crippen LogP contribution in [0, 0.1) is 0 Å². The number of nitrogens with zero attached hydrogens (tertiary/aromatic N) is 4. The summed E-state index contributed by atoms with van der Waals surface area (Å²) in [7, 11) is 4.13. The minimum absolute atomic E-state index is 0.244. The number of likely N-dealkylation sites (N-methyl/N-ethyl adjacent to an activating group) is 1. The fraction of sp³-hybridized carbons (Fsp3) is 0.571. The van der Waals surface area contributed by atoms with Crippen molar-refractivity contribution in [1.82, 2.24) is 19.9 Å². The molecule has 1 aliphatic heterocycles. The molecule has 2 aromatic rings. The average Bonchev–Trinajstić information content (AvgIpc) is 3.08. The maximum Gasteiger partial charge on any atom is 0.241 e. The molecule has 7 heteroatoms. The van der Waals surface area contributed by atoms with Gasteiger partial charge in [0.25, 0.3) is 0 Å². The molecule has 2 aromatic heterocycles. The Labute approximate surface area is 128 Å². The summed E-state index contributed by atoms with van der Waals surface area (Å²) in [4.78, 5) is 8.93. The highest BCUT2D eigenvalue weighted by molar-refractivity contribution is 7.08. The van der Waals surface area contributed by atoms with Gasteiger partial charge in [0.2, 0.25) is 11.7 Å². The summed E-state index contributed by atoms with van der Waals surface area (Å²) in [5.41, 5.74) is 1.02. The molecule has 0 spiro atoms. The van der Waals surface area contributed by atoms with Crippen molar-refractivity contribution in [2.75, 3.05) is 40.3 Å². The third-order valence-electron chi connectivity index (χ3n) is 3.40. The number of hydrogen-bond acceptors (Lipinski definition) is 7. The lowest BCUT2D eigenvalue weighted by molar-refractivity contribution is -0.0430. The summed E-state index contributed by atoms with van der Waals surface area (Å²) < 4.78 is 11.1. The van der Waals surface area contributed by atoms with Crippen LogP contribution >= 0.6 is 11.3 Å². The Kier molecular flexibility index (Phi) is 4.64. The van der Waals surface area contributed by atoms with Gasteiger partial charge in [0.1, 0.15) is 0 Å². The fourth-order valence-electron chi connectivity index (χ4n) is 2.46. The molecule has 0 aliphatic carbocycles. The maximum atomic E-state index is 5.77. The van der Waals surface area contributed by atoms with Crippen molar-refractivity contribution >= 4 is 11.3 Å². The van der Waals surface area contributed by atoms with Crippen LogP contribution in [-0.4, -0.2) is 66.4 Å². The summed E-state index contributed by atoms with van der Waals surface area (Å²) >= 11 is 1.63. The zero-order chi connectivity index (χ0) is 14.7. The highest BCUT2D eigenvalue weighted by Crippen LogP contribution is 2.19. The van der Waals surface area contributed by atoms with Gasteiger partial charge >= 0.3 is 0 Å². The SMILES string of the molecule is CN(C)C[C@H]1CN(Cc2nc(-c3ccsc3)no2)CCO1.